The molecule has 2 saturated heterocycles. The van der Waals surface area contributed by atoms with E-state index < -0.39 is 95.4 Å². The van der Waals surface area contributed by atoms with E-state index in [9.17, 15) is 54.0 Å². The van der Waals surface area contributed by atoms with Gasteiger partial charge in [0.15, 0.2) is 12.5 Å². The third-order valence-electron chi connectivity index (χ3n) is 5.16. The van der Waals surface area contributed by atoms with Crippen LogP contribution in [0, 0.1) is 0 Å². The molecule has 3 rings (SSSR count). The van der Waals surface area contributed by atoms with Crippen LogP contribution in [0.1, 0.15) is 6.23 Å². The third kappa shape index (κ3) is 8.81. The largest absolute Gasteiger partial charge is 0.483 e. The molecule has 0 spiro atoms. The number of aliphatic hydroxyl groups excluding tert-OH is 6. The van der Waals surface area contributed by atoms with E-state index in [2.05, 4.69) is 13.4 Å². The van der Waals surface area contributed by atoms with E-state index in [1.165, 1.54) is 0 Å². The molecule has 0 bridgehead atoms. The van der Waals surface area contributed by atoms with Gasteiger partial charge in [-0.3, -0.25) is 23.4 Å². The molecule has 9 N–H and O–H groups in total. The van der Waals surface area contributed by atoms with Gasteiger partial charge in [0.1, 0.15) is 42.7 Å². The number of rotatable bonds is 9. The van der Waals surface area contributed by atoms with Gasteiger partial charge in [0, 0.05) is 71.4 Å². The van der Waals surface area contributed by atoms with Crippen LogP contribution in [0.2, 0.25) is 0 Å². The monoisotopic (exact) mass is 613 g/mol. The summed E-state index contributed by atoms with van der Waals surface area (Å²) in [7, 11) is -11.1. The van der Waals surface area contributed by atoms with E-state index in [4.69, 9.17) is 14.6 Å². The fourth-order valence-electron chi connectivity index (χ4n) is 3.35. The van der Waals surface area contributed by atoms with Crippen LogP contribution in [0.5, 0.6) is 0 Å². The molecule has 0 amide bonds. The second-order valence-electron chi connectivity index (χ2n) is 7.68. The van der Waals surface area contributed by atoms with Crippen molar-refractivity contribution in [1.29, 1.82) is 0 Å². The number of ether oxygens (including phenoxy) is 2. The number of nitrogens with zero attached hydrogens (tertiary/aromatic N) is 1. The molecule has 2 fully saturated rings. The Bertz CT molecular complexity index is 1140. The summed E-state index contributed by atoms with van der Waals surface area (Å²) in [6, 6.07) is 0.928. The number of aliphatic hydroxyl groups is 6. The van der Waals surface area contributed by atoms with Crippen LogP contribution in [0.25, 0.3) is 0 Å². The molecule has 2 radical (unpaired) electrons. The van der Waals surface area contributed by atoms with Gasteiger partial charge in [-0.25, -0.2) is 13.9 Å². The Hall–Kier alpha value is 0.620. The zero-order chi connectivity index (χ0) is 27.0. The quantitative estimate of drug-likeness (QED) is 0.0712. The normalized spacial score (nSPS) is 36.4. The summed E-state index contributed by atoms with van der Waals surface area (Å²) < 4.78 is 48.1. The van der Waals surface area contributed by atoms with Crippen molar-refractivity contribution in [2.45, 2.75) is 55.2 Å². The fourth-order valence-corrected chi connectivity index (χ4v) is 5.51. The van der Waals surface area contributed by atoms with Crippen molar-refractivity contribution in [3.05, 3.63) is 33.1 Å². The summed E-state index contributed by atoms with van der Waals surface area (Å²) in [5.41, 5.74) is -1.75. The zero-order valence-corrected chi connectivity index (χ0v) is 25.6. The average Bonchev–Trinajstić information content (AvgIpc) is 3.06. The Kier molecular flexibility index (Phi) is 14.2. The number of aromatic nitrogens is 2. The Morgan fingerprint density at radius 3 is 2.08 bits per heavy atom. The van der Waals surface area contributed by atoms with Gasteiger partial charge in [-0.15, -0.1) is 0 Å². The molecule has 1 aromatic rings. The van der Waals surface area contributed by atoms with Crippen LogP contribution < -0.4 is 11.2 Å². The van der Waals surface area contributed by atoms with Crippen molar-refractivity contribution in [2.24, 2.45) is 0 Å². The summed E-state index contributed by atoms with van der Waals surface area (Å²) in [6.45, 7) is -1.93. The molecule has 11 atom stereocenters. The summed E-state index contributed by atoms with van der Waals surface area (Å²) in [5, 5.41) is 58.6. The Morgan fingerprint density at radius 2 is 1.50 bits per heavy atom. The first-order chi connectivity index (χ1) is 16.7. The molecule has 1 aromatic heterocycles. The molecule has 208 valence electrons. The van der Waals surface area contributed by atoms with Crippen molar-refractivity contribution in [3.8, 4) is 0 Å². The molecule has 0 aliphatic carbocycles. The van der Waals surface area contributed by atoms with Crippen molar-refractivity contribution >= 4 is 74.8 Å². The summed E-state index contributed by atoms with van der Waals surface area (Å²) in [5.74, 6) is 0. The zero-order valence-electron chi connectivity index (χ0n) is 19.9. The molecule has 23 heteroatoms. The van der Waals surface area contributed by atoms with Crippen molar-refractivity contribution in [3.63, 3.8) is 0 Å². The van der Waals surface area contributed by atoms with Crippen molar-refractivity contribution < 1.29 is 72.4 Å². The summed E-state index contributed by atoms with van der Waals surface area (Å²) in [4.78, 5) is 44.5. The molecule has 0 aromatic carbocycles. The van der Waals surface area contributed by atoms with Gasteiger partial charge in [-0.1, -0.05) is 0 Å². The van der Waals surface area contributed by atoms with Crippen LogP contribution in [0.3, 0.4) is 0 Å². The van der Waals surface area contributed by atoms with E-state index in [0.717, 1.165) is 16.8 Å². The molecule has 2 aliphatic heterocycles. The summed E-state index contributed by atoms with van der Waals surface area (Å²) >= 11 is 0. The SMILES string of the molecule is O=c1ccn([C@@H]2O[C@H](COP(=O)(O)OP(=O)(O)O[13C@H]3O[C@H](CO)[C@@H](O)[C@H](O)[C@H]3O)[C@@H](O)[C@H]2O)c(=O)[nH]1.[Na].[Na]. The van der Waals surface area contributed by atoms with Crippen LogP contribution in [0.15, 0.2) is 21.9 Å². The van der Waals surface area contributed by atoms with Crippen LogP contribution in [0.4, 0.5) is 0 Å². The number of hydrogen-bond donors (Lipinski definition) is 9. The van der Waals surface area contributed by atoms with E-state index in [1.54, 1.807) is 0 Å². The molecule has 19 nitrogen and oxygen atoms in total. The van der Waals surface area contributed by atoms with Gasteiger partial charge in [0.05, 0.1) is 13.2 Å². The van der Waals surface area contributed by atoms with Crippen LogP contribution >= 0.6 is 15.6 Å². The van der Waals surface area contributed by atoms with Gasteiger partial charge in [-0.05, 0) is 0 Å². The first-order valence-corrected chi connectivity index (χ1v) is 13.0. The maximum Gasteiger partial charge on any atom is 0.483 e. The van der Waals surface area contributed by atoms with E-state index in [1.807, 2.05) is 4.98 Å². The Labute approximate surface area is 256 Å². The Morgan fingerprint density at radius 1 is 0.895 bits per heavy atom. The number of nitrogens with one attached hydrogen (secondary N) is 1. The van der Waals surface area contributed by atoms with E-state index in [-0.39, 0.29) is 59.1 Å². The first-order valence-electron chi connectivity index (χ1n) is 9.99. The standard InChI is InChI=1S/C15H24N2O17P2.2Na/c18-3-5-8(20)10(22)12(24)14(32-5)33-36(28,29)34-35(26,27)30-4-6-9(21)11(23)13(31-6)17-2-1-7(19)16-15(17)25;;/h1-2,5-6,8-14,18,20-24H,3-4H2,(H,26,27)(H,28,29)(H,16,19,25);;/t5-,6-,8-,9-,10+,11-,12-,13-,14-;;/m1../s1/i14+1;;. The van der Waals surface area contributed by atoms with Gasteiger partial charge in [-0.2, -0.15) is 4.31 Å². The molecular weight excluding hydrogens is 589 g/mol. The van der Waals surface area contributed by atoms with E-state index in [0.29, 0.717) is 0 Å². The molecule has 0 saturated carbocycles. The van der Waals surface area contributed by atoms with Crippen molar-refractivity contribution in [2.75, 3.05) is 13.2 Å². The van der Waals surface area contributed by atoms with Gasteiger partial charge in [0.2, 0.25) is 0 Å². The minimum absolute atomic E-state index is 0. The molecule has 2 unspecified atom stereocenters. The maximum absolute atomic E-state index is 12.2. The topological polar surface area (TPSA) is 297 Å². The number of H-pyrrole nitrogens is 1. The molecular formula is C15H24N2Na2O17P2. The van der Waals surface area contributed by atoms with Crippen LogP contribution in [-0.4, -0.2) is 171 Å². The number of aromatic amines is 1. The van der Waals surface area contributed by atoms with Gasteiger partial charge < -0.3 is 49.9 Å². The summed E-state index contributed by atoms with van der Waals surface area (Å²) in [6.07, 6.45) is -15.4. The second-order valence-corrected chi connectivity index (χ2v) is 10.7. The minimum Gasteiger partial charge on any atom is -0.394 e. The average molecular weight is 613 g/mol. The number of phosphoric ester groups is 2. The molecule has 2 aliphatic rings. The van der Waals surface area contributed by atoms with Crippen LogP contribution in [-0.2, 0) is 32.0 Å². The predicted molar refractivity (Wildman–Crippen MR) is 120 cm³/mol. The first kappa shape index (κ1) is 36.6. The maximum atomic E-state index is 12.2. The van der Waals surface area contributed by atoms with Gasteiger partial charge in [0.25, 0.3) is 5.56 Å². The Balaban J connectivity index is 0.00000361. The number of phosphoric acid groups is 2. The van der Waals surface area contributed by atoms with E-state index >= 15 is 0 Å². The second kappa shape index (κ2) is 14.7. The van der Waals surface area contributed by atoms with Gasteiger partial charge >= 0.3 is 21.3 Å². The molecule has 38 heavy (non-hydrogen) atoms. The fraction of sp³-hybridized carbons (Fsp3) is 0.733. The third-order valence-corrected chi connectivity index (χ3v) is 7.76. The number of hydrogen-bond acceptors (Lipinski definition) is 15. The smallest absolute Gasteiger partial charge is 0.394 e. The molecule has 3 heterocycles. The van der Waals surface area contributed by atoms with Crippen molar-refractivity contribution in [1.82, 2.24) is 9.55 Å². The minimum atomic E-state index is -5.59. The predicted octanol–water partition coefficient (Wildman–Crippen LogP) is -5.56.